The van der Waals surface area contributed by atoms with Crippen LogP contribution in [0.5, 0.6) is 0 Å². The van der Waals surface area contributed by atoms with Crippen LogP contribution in [0.25, 0.3) is 0 Å². The summed E-state index contributed by atoms with van der Waals surface area (Å²) < 4.78 is 127. The highest BCUT2D eigenvalue weighted by Gasteiger charge is 2.73. The smallest absolute Gasteiger partial charge is 0.306 e. The fraction of sp³-hybridized carbons (Fsp3) is 0.739. The van der Waals surface area contributed by atoms with Crippen molar-refractivity contribution in [1.29, 1.82) is 0 Å². The van der Waals surface area contributed by atoms with Crippen molar-refractivity contribution in [3.63, 3.8) is 0 Å². The first-order valence-corrected chi connectivity index (χ1v) is 56.1. The molecular formula is C119H173NO23S. The van der Waals surface area contributed by atoms with E-state index in [9.17, 15) is 14.4 Å². The Labute approximate surface area is 863 Å². The molecule has 1 amide bonds. The average Bonchev–Trinajstić information content (AvgIpc) is 1.66. The molecule has 0 spiro atoms. The van der Waals surface area contributed by atoms with E-state index < -0.39 is 156 Å². The molecule has 17 unspecified atom stereocenters. The summed E-state index contributed by atoms with van der Waals surface area (Å²) in [6.07, 6.45) is 5.36. The number of Topliss-reactive ketones (excluding diaryl/α,β-unsaturated/α-hetero) is 1. The third-order valence-electron chi connectivity index (χ3n) is 37.7. The van der Waals surface area contributed by atoms with Crippen molar-refractivity contribution < 1.29 is 109 Å². The zero-order valence-electron chi connectivity index (χ0n) is 90.1. The van der Waals surface area contributed by atoms with E-state index in [1.165, 1.54) is 23.6 Å². The molecule has 25 heteroatoms. The molecule has 0 aromatic heterocycles. The molecular weight excluding hydrogens is 1840 g/mol. The number of hydrogen-bond donors (Lipinski definition) is 1. The van der Waals surface area contributed by atoms with Crippen molar-refractivity contribution in [2.45, 2.75) is 427 Å². The zero-order chi connectivity index (χ0) is 103. The molecule has 0 bridgehead atoms. The van der Waals surface area contributed by atoms with Gasteiger partial charge in [0.25, 0.3) is 0 Å². The van der Waals surface area contributed by atoms with E-state index in [0.717, 1.165) is 112 Å². The summed E-state index contributed by atoms with van der Waals surface area (Å²) in [7, 11) is 1.81. The van der Waals surface area contributed by atoms with Gasteiger partial charge in [-0.15, -0.1) is 0 Å². The molecule has 24 nitrogen and oxygen atoms in total. The fourth-order valence-electron chi connectivity index (χ4n) is 28.1. The van der Waals surface area contributed by atoms with Crippen LogP contribution < -0.4 is 5.32 Å². The maximum absolute atomic E-state index is 17.5. The summed E-state index contributed by atoms with van der Waals surface area (Å²) in [6, 6.07) is 39.4. The summed E-state index contributed by atoms with van der Waals surface area (Å²) in [5.41, 5.74) is 0.928. The summed E-state index contributed by atoms with van der Waals surface area (Å²) in [5, 5.41) is 3.49. The SMILES string of the molecule is CCC1O[C@@H](OC2[C@H](O[C@H]3CCC4(C)C5CC=C6C7CC(C)(C)CC[C@]7(C(=O)S[C@@H]7OC(COCc8ccccc8)[C@H](NC(=O)CCCCCCCCCCC(=O)OCc8ccccc8)C(C)C7O[C@@H]7OC(C)[C@H](O[C@@H]8OC[C@@H](OCc9ccccc9)C(OCc9ccccc9)C8C)C8OC(C)(C)OC87)C(OC)C[C@@]6(C)[C@@]5(C)CC[C@H]4[C@@]3(C)C=O)OC(C(C)=O)[C@@H](C)[C@@H]2O[C@@H]2OC[C@@H](C)[C@H](C)C2C)C(C)[C@@H](C)[C@H]1C. The number of benzene rings is 4. The molecule has 144 heavy (non-hydrogen) atoms. The van der Waals surface area contributed by atoms with Crippen molar-refractivity contribution in [3.8, 4) is 0 Å². The molecule has 4 aromatic carbocycles. The fourth-order valence-corrected chi connectivity index (χ4v) is 29.6. The van der Waals surface area contributed by atoms with Gasteiger partial charge in [0.1, 0.15) is 67.2 Å². The quantitative estimate of drug-likeness (QED) is 0.0143. The Morgan fingerprint density at radius 3 is 1.72 bits per heavy atom. The maximum Gasteiger partial charge on any atom is 0.306 e. The van der Waals surface area contributed by atoms with Gasteiger partial charge in [-0.05, 0) is 190 Å². The Morgan fingerprint density at radius 2 is 1.08 bits per heavy atom. The minimum absolute atomic E-state index is 0.000670. The number of methoxy groups -OCH3 is 1. The number of ketones is 1. The number of esters is 1. The molecule has 7 saturated heterocycles. The van der Waals surface area contributed by atoms with Gasteiger partial charge < -0.3 is 95.4 Å². The number of carbonyl (C=O) groups excluding carboxylic acids is 5. The highest BCUT2D eigenvalue weighted by Crippen LogP contribution is 2.77. The second-order valence-corrected chi connectivity index (χ2v) is 48.9. The molecule has 0 radical (unpaired) electrons. The standard InChI is InChI=1S/C119H173NO23S/c1-22-88-74(5)73(4)76(7)108(134-88)141-104-100(138-106-75(6)72(3)71(2)63-131-106)78(9)98(80(11)122)137-109(104)136-93-56-57-115(17)91(116(93,18)70-121)55-58-117(19)92(115)54-53-86-87-61-113(13,14)59-60-119(87,94(126-21)62-118(86,117)20)112(125)144-111-101(77(8)97(89(135-111)68-127-64-82-43-33-29-34-44-82)120-95(123)51-41-27-25-23-24-26-28-42-52-96(124)129-66-84-47-37-31-38-48-84)139-110-105-103(142-114(15,16)143-105)102(81(12)133-110)140-107-79(10)99(130-67-85-49-39-32-40-50-85)90(69-132-107)128-65-83-45-35-30-36-46-83/h29-40,43-50,53,70-79,81,87-94,97-111H,22-28,41-42,51-52,54-69H2,1-21H3,(H,120,123)/t71-,72+,73+,74-,75?,76?,77?,78-,79?,81?,87?,88?,89?,90-,91-,92?,93+,94?,97-,98?,99?,100+,101?,102+,103?,104?,105?,106+,107+,108+,109-,110+,111+,115?,116-,117+,118-,119-/m1/s1. The lowest BCUT2D eigenvalue weighted by atomic mass is 9.33. The lowest BCUT2D eigenvalue weighted by molar-refractivity contribution is -0.374. The molecule has 4 aromatic rings. The maximum atomic E-state index is 17.5. The lowest BCUT2D eigenvalue weighted by Gasteiger charge is -2.72. The lowest BCUT2D eigenvalue weighted by Crippen LogP contribution is -2.68. The second-order valence-electron chi connectivity index (χ2n) is 47.9. The number of hydrogen-bond acceptors (Lipinski definition) is 24. The van der Waals surface area contributed by atoms with Gasteiger partial charge in [0.2, 0.25) is 11.0 Å². The van der Waals surface area contributed by atoms with Gasteiger partial charge in [0.15, 0.2) is 43.0 Å². The van der Waals surface area contributed by atoms with Crippen LogP contribution >= 0.6 is 11.8 Å². The number of carbonyl (C=O) groups is 5. The molecule has 7 aliphatic heterocycles. The van der Waals surface area contributed by atoms with Crippen LogP contribution in [0, 0.1) is 104 Å². The first-order chi connectivity index (χ1) is 68.9. The van der Waals surface area contributed by atoms with Crippen LogP contribution in [-0.2, 0) is 136 Å². The number of ether oxygens (including phenoxy) is 18. The highest BCUT2D eigenvalue weighted by atomic mass is 32.2. The van der Waals surface area contributed by atoms with Crippen molar-refractivity contribution in [1.82, 2.24) is 5.32 Å². The van der Waals surface area contributed by atoms with Crippen LogP contribution in [0.2, 0.25) is 0 Å². The van der Waals surface area contributed by atoms with Gasteiger partial charge in [-0.25, -0.2) is 0 Å². The predicted octanol–water partition coefficient (Wildman–Crippen LogP) is 22.2. The van der Waals surface area contributed by atoms with E-state index in [1.54, 1.807) is 6.92 Å². The van der Waals surface area contributed by atoms with Gasteiger partial charge in [-0.2, -0.15) is 0 Å². The van der Waals surface area contributed by atoms with Crippen LogP contribution in [0.1, 0.15) is 289 Å². The number of unbranched alkanes of at least 4 members (excludes halogenated alkanes) is 7. The average molecular weight is 2020 g/mol. The molecule has 4 saturated carbocycles. The first kappa shape index (κ1) is 111. The van der Waals surface area contributed by atoms with E-state index in [0.29, 0.717) is 69.7 Å². The van der Waals surface area contributed by atoms with Gasteiger partial charge in [0.05, 0.1) is 93.1 Å². The predicted molar refractivity (Wildman–Crippen MR) is 550 cm³/mol. The molecule has 12 aliphatic rings. The minimum atomic E-state index is -1.14. The normalized spacial score (nSPS) is 41.2. The molecule has 5 aliphatic carbocycles. The number of fused-ring (bicyclic) bond motifs is 8. The van der Waals surface area contributed by atoms with E-state index in [-0.39, 0.29) is 119 Å². The summed E-state index contributed by atoms with van der Waals surface area (Å²) in [5.74, 6) is -1.92. The minimum Gasteiger partial charge on any atom is -0.461 e. The Bertz CT molecular complexity index is 4860. The van der Waals surface area contributed by atoms with Crippen molar-refractivity contribution >= 4 is 40.8 Å². The highest BCUT2D eigenvalue weighted by molar-refractivity contribution is 8.14. The van der Waals surface area contributed by atoms with Crippen LogP contribution in [0.4, 0.5) is 0 Å². The molecule has 7 heterocycles. The monoisotopic (exact) mass is 2020 g/mol. The van der Waals surface area contributed by atoms with Gasteiger partial charge >= 0.3 is 5.97 Å². The number of nitrogens with one attached hydrogen (secondary N) is 1. The largest absolute Gasteiger partial charge is 0.461 e. The Morgan fingerprint density at radius 1 is 0.500 bits per heavy atom. The Hall–Kier alpha value is -5.76. The second kappa shape index (κ2) is 47.6. The van der Waals surface area contributed by atoms with Crippen molar-refractivity contribution in [2.24, 2.45) is 104 Å². The number of thioether (sulfide) groups is 1. The Kier molecular flexibility index (Phi) is 36.7. The zero-order valence-corrected chi connectivity index (χ0v) is 91.0. The van der Waals surface area contributed by atoms with Crippen molar-refractivity contribution in [2.75, 3.05) is 26.9 Å². The van der Waals surface area contributed by atoms with E-state index in [1.807, 2.05) is 144 Å². The van der Waals surface area contributed by atoms with Crippen LogP contribution in [0.3, 0.4) is 0 Å². The molecule has 11 fully saturated rings. The van der Waals surface area contributed by atoms with Crippen LogP contribution in [-0.4, -0.2) is 190 Å². The van der Waals surface area contributed by atoms with E-state index in [4.69, 9.17) is 85.3 Å². The van der Waals surface area contributed by atoms with Gasteiger partial charge in [0, 0.05) is 49.5 Å². The van der Waals surface area contributed by atoms with Gasteiger partial charge in [-0.3, -0.25) is 19.2 Å². The number of allylic oxidation sites excluding steroid dienone is 2. The third kappa shape index (κ3) is 23.7. The molecule has 1 N–H and O–H groups in total. The number of amides is 1. The molecule has 16 rings (SSSR count). The number of aldehydes is 1. The summed E-state index contributed by atoms with van der Waals surface area (Å²) >= 11 is 1.20. The van der Waals surface area contributed by atoms with Crippen molar-refractivity contribution in [3.05, 3.63) is 155 Å². The molecule has 38 atom stereocenters. The topological polar surface area (TPSA) is 264 Å². The molecule has 798 valence electrons. The summed E-state index contributed by atoms with van der Waals surface area (Å²) in [6.45, 7) is 45.5. The summed E-state index contributed by atoms with van der Waals surface area (Å²) in [4.78, 5) is 74.2. The third-order valence-corrected chi connectivity index (χ3v) is 38.9. The number of rotatable bonds is 40. The van der Waals surface area contributed by atoms with E-state index >= 15 is 9.59 Å². The van der Waals surface area contributed by atoms with Gasteiger partial charge in [-0.1, -0.05) is 294 Å². The Balaban J connectivity index is 0.676. The van der Waals surface area contributed by atoms with E-state index in [2.05, 4.69) is 127 Å². The first-order valence-electron chi connectivity index (χ1n) is 55.2. The van der Waals surface area contributed by atoms with Crippen LogP contribution in [0.15, 0.2) is 133 Å².